The van der Waals surface area contributed by atoms with Gasteiger partial charge in [0, 0.05) is 27.8 Å². The van der Waals surface area contributed by atoms with Crippen LogP contribution in [0.4, 0.5) is 0 Å². The molecule has 0 aromatic heterocycles. The summed E-state index contributed by atoms with van der Waals surface area (Å²) >= 11 is 8.50. The second-order valence-electron chi connectivity index (χ2n) is 7.28. The van der Waals surface area contributed by atoms with Gasteiger partial charge in [-0.3, -0.25) is 4.79 Å². The van der Waals surface area contributed by atoms with E-state index in [4.69, 9.17) is 11.6 Å². The minimum absolute atomic E-state index is 0.0206. The van der Waals surface area contributed by atoms with Crippen molar-refractivity contribution in [3.63, 3.8) is 0 Å². The van der Waals surface area contributed by atoms with Crippen LogP contribution in [-0.2, 0) is 9.22 Å². The van der Waals surface area contributed by atoms with Crippen LogP contribution in [0.3, 0.4) is 0 Å². The second-order valence-corrected chi connectivity index (χ2v) is 8.47. The summed E-state index contributed by atoms with van der Waals surface area (Å²) in [6, 6.07) is 17.1. The van der Waals surface area contributed by atoms with E-state index in [0.717, 1.165) is 16.0 Å². The van der Waals surface area contributed by atoms with Crippen molar-refractivity contribution in [1.29, 1.82) is 0 Å². The molecule has 1 aliphatic heterocycles. The summed E-state index contributed by atoms with van der Waals surface area (Å²) in [6.45, 7) is 2.91. The third-order valence-corrected chi connectivity index (χ3v) is 6.91. The number of carbonyl (C=O) groups excluding carboxylic acids is 1. The Kier molecular flexibility index (Phi) is 5.11. The fourth-order valence-corrected chi connectivity index (χ4v) is 5.17. The number of halogens is 2. The smallest absolute Gasteiger partial charge is 0.227 e. The fourth-order valence-electron chi connectivity index (χ4n) is 4.53. The lowest BCUT2D eigenvalue weighted by Gasteiger charge is -2.39. The van der Waals surface area contributed by atoms with E-state index in [1.165, 1.54) is 22.3 Å². The zero-order chi connectivity index (χ0) is 18.3. The van der Waals surface area contributed by atoms with Crippen molar-refractivity contribution in [2.45, 2.75) is 23.2 Å². The zero-order valence-corrected chi connectivity index (χ0v) is 17.5. The average Bonchev–Trinajstić information content (AvgIpc) is 3.02. The molecule has 0 radical (unpaired) electrons. The van der Waals surface area contributed by atoms with Gasteiger partial charge in [0.15, 0.2) is 0 Å². The average molecular weight is 478 g/mol. The minimum Gasteiger partial charge on any atom is -0.355 e. The highest BCUT2D eigenvalue weighted by atomic mass is 127. The molecule has 2 aromatic rings. The van der Waals surface area contributed by atoms with Crippen molar-refractivity contribution in [2.24, 2.45) is 11.8 Å². The van der Waals surface area contributed by atoms with Crippen molar-refractivity contribution < 1.29 is 4.79 Å². The first-order valence-corrected chi connectivity index (χ1v) is 10.8. The maximum absolute atomic E-state index is 12.3. The maximum atomic E-state index is 12.3. The van der Waals surface area contributed by atoms with Crippen molar-refractivity contribution in [3.05, 3.63) is 81.9 Å². The normalized spacial score (nSPS) is 27.7. The number of allylic oxidation sites excluding steroid dienone is 1. The molecule has 1 amide bonds. The molecule has 1 N–H and O–H groups in total. The number of alkyl halides is 1. The third-order valence-electron chi connectivity index (χ3n) is 5.78. The first-order chi connectivity index (χ1) is 12.6. The lowest BCUT2D eigenvalue weighted by Crippen LogP contribution is -2.31. The van der Waals surface area contributed by atoms with Crippen molar-refractivity contribution in [2.75, 3.05) is 6.54 Å². The molecular weight excluding hydrogens is 457 g/mol. The number of hydrogen-bond donors (Lipinski definition) is 1. The predicted molar refractivity (Wildman–Crippen MR) is 115 cm³/mol. The Morgan fingerprint density at radius 2 is 1.73 bits per heavy atom. The molecule has 0 spiro atoms. The van der Waals surface area contributed by atoms with Gasteiger partial charge in [0.1, 0.15) is 0 Å². The van der Waals surface area contributed by atoms with E-state index < -0.39 is 0 Å². The summed E-state index contributed by atoms with van der Waals surface area (Å²) in [7, 11) is 0. The Labute approximate surface area is 173 Å². The number of carbonyl (C=O) groups is 1. The lowest BCUT2D eigenvalue weighted by atomic mass is 9.64. The van der Waals surface area contributed by atoms with E-state index >= 15 is 0 Å². The number of amides is 1. The first kappa shape index (κ1) is 18.1. The van der Waals surface area contributed by atoms with Gasteiger partial charge in [0.25, 0.3) is 0 Å². The van der Waals surface area contributed by atoms with Crippen LogP contribution in [0.1, 0.15) is 35.4 Å². The van der Waals surface area contributed by atoms with Crippen molar-refractivity contribution >= 4 is 40.1 Å². The second kappa shape index (κ2) is 7.35. The zero-order valence-electron chi connectivity index (χ0n) is 14.6. The summed E-state index contributed by atoms with van der Waals surface area (Å²) in [5, 5.41) is 3.83. The largest absolute Gasteiger partial charge is 0.355 e. The van der Waals surface area contributed by atoms with E-state index in [9.17, 15) is 4.79 Å². The molecule has 1 aliphatic carbocycles. The number of nitrogens with one attached hydrogen (secondary N) is 1. The van der Waals surface area contributed by atoms with Crippen LogP contribution >= 0.6 is 34.2 Å². The standard InChI is InChI=1S/C22H21ClINO/c1-13-10-18-19(12-25-22(18)26)21(16-4-2-14(11-24)3-5-16)20(13)15-6-8-17(23)9-7-15/h2-10,18-21H,11-12H2,1H3,(H,25,26)/t18-,19+,20-,21+/m0/s1. The minimum atomic E-state index is -0.0206. The summed E-state index contributed by atoms with van der Waals surface area (Å²) in [5.74, 6) is 0.989. The van der Waals surface area contributed by atoms with Crippen molar-refractivity contribution in [3.8, 4) is 0 Å². The van der Waals surface area contributed by atoms with Crippen LogP contribution in [0.5, 0.6) is 0 Å². The summed E-state index contributed by atoms with van der Waals surface area (Å²) < 4.78 is 1.01. The quantitative estimate of drug-likeness (QED) is 0.355. The maximum Gasteiger partial charge on any atom is 0.227 e. The highest BCUT2D eigenvalue weighted by molar-refractivity contribution is 14.1. The third kappa shape index (κ3) is 3.20. The van der Waals surface area contributed by atoms with E-state index in [-0.39, 0.29) is 29.6 Å². The molecule has 134 valence electrons. The Morgan fingerprint density at radius 3 is 2.38 bits per heavy atom. The van der Waals surface area contributed by atoms with Crippen LogP contribution in [0, 0.1) is 11.8 Å². The molecule has 4 rings (SSSR count). The van der Waals surface area contributed by atoms with E-state index in [1.807, 2.05) is 12.1 Å². The SMILES string of the molecule is CC1=C[C@@H]2C(=O)NC[C@H]2[C@@H](c2ccc(CI)cc2)[C@@H]1c1ccc(Cl)cc1. The number of hydrogen-bond acceptors (Lipinski definition) is 1. The van der Waals surface area contributed by atoms with Gasteiger partial charge in [-0.25, -0.2) is 0 Å². The molecular formula is C22H21ClINO. The summed E-state index contributed by atoms with van der Waals surface area (Å²) in [6.07, 6.45) is 2.18. The van der Waals surface area contributed by atoms with Gasteiger partial charge < -0.3 is 5.32 Å². The van der Waals surface area contributed by atoms with Crippen LogP contribution < -0.4 is 5.32 Å². The molecule has 2 aromatic carbocycles. The molecule has 2 aliphatic rings. The highest BCUT2D eigenvalue weighted by Crippen LogP contribution is 2.51. The predicted octanol–water partition coefficient (Wildman–Crippen LogP) is 5.46. The van der Waals surface area contributed by atoms with Crippen LogP contribution in [0.2, 0.25) is 5.02 Å². The Balaban J connectivity index is 1.82. The molecule has 26 heavy (non-hydrogen) atoms. The van der Waals surface area contributed by atoms with Gasteiger partial charge in [-0.15, -0.1) is 0 Å². The van der Waals surface area contributed by atoms with Gasteiger partial charge in [-0.05, 0) is 41.7 Å². The van der Waals surface area contributed by atoms with Crippen LogP contribution in [-0.4, -0.2) is 12.5 Å². The van der Waals surface area contributed by atoms with Gasteiger partial charge in [0.05, 0.1) is 5.92 Å². The molecule has 0 saturated carbocycles. The Morgan fingerprint density at radius 1 is 1.08 bits per heavy atom. The van der Waals surface area contributed by atoms with E-state index in [1.54, 1.807) is 0 Å². The van der Waals surface area contributed by atoms with Gasteiger partial charge in [-0.2, -0.15) is 0 Å². The van der Waals surface area contributed by atoms with Gasteiger partial charge >= 0.3 is 0 Å². The molecule has 2 nitrogen and oxygen atoms in total. The molecule has 1 heterocycles. The molecule has 0 unspecified atom stereocenters. The monoisotopic (exact) mass is 477 g/mol. The first-order valence-electron chi connectivity index (χ1n) is 8.95. The van der Waals surface area contributed by atoms with Gasteiger partial charge in [-0.1, -0.05) is 82.2 Å². The molecule has 1 saturated heterocycles. The molecule has 4 heteroatoms. The Bertz CT molecular complexity index is 843. The Hall–Kier alpha value is -1.33. The lowest BCUT2D eigenvalue weighted by molar-refractivity contribution is -0.121. The molecule has 0 bridgehead atoms. The summed E-state index contributed by atoms with van der Waals surface area (Å²) in [4.78, 5) is 12.3. The topological polar surface area (TPSA) is 29.1 Å². The summed E-state index contributed by atoms with van der Waals surface area (Å²) in [5.41, 5.74) is 5.19. The van der Waals surface area contributed by atoms with Crippen LogP contribution in [0.15, 0.2) is 60.2 Å². The molecule has 1 fully saturated rings. The van der Waals surface area contributed by atoms with E-state index in [0.29, 0.717) is 0 Å². The van der Waals surface area contributed by atoms with Crippen LogP contribution in [0.25, 0.3) is 0 Å². The molecule has 4 atom stereocenters. The number of rotatable bonds is 3. The van der Waals surface area contributed by atoms with Gasteiger partial charge in [0.2, 0.25) is 5.91 Å². The highest BCUT2D eigenvalue weighted by Gasteiger charge is 2.46. The van der Waals surface area contributed by atoms with Crippen molar-refractivity contribution in [1.82, 2.24) is 5.32 Å². The van der Waals surface area contributed by atoms with E-state index in [2.05, 4.69) is 77.3 Å². The fraction of sp³-hybridized carbons (Fsp3) is 0.318. The number of benzene rings is 2. The number of fused-ring (bicyclic) bond motifs is 1.